The number of hydrogen-bond donors (Lipinski definition) is 0. The van der Waals surface area contributed by atoms with E-state index in [1.807, 2.05) is 0 Å². The summed E-state index contributed by atoms with van der Waals surface area (Å²) in [6, 6.07) is 8.76. The molecule has 10 heteroatoms. The second-order valence-electron chi connectivity index (χ2n) is 9.14. The Balaban J connectivity index is 1.39. The van der Waals surface area contributed by atoms with E-state index in [2.05, 4.69) is 11.7 Å². The van der Waals surface area contributed by atoms with Crippen LogP contribution in [0.2, 0.25) is 0 Å². The van der Waals surface area contributed by atoms with Crippen molar-refractivity contribution >= 4 is 0 Å². The van der Waals surface area contributed by atoms with Crippen molar-refractivity contribution in [1.82, 2.24) is 0 Å². The summed E-state index contributed by atoms with van der Waals surface area (Å²) in [4.78, 5) is 0. The van der Waals surface area contributed by atoms with Gasteiger partial charge in [-0.3, -0.25) is 0 Å². The molecule has 0 radical (unpaired) electrons. The van der Waals surface area contributed by atoms with E-state index in [4.69, 9.17) is 9.47 Å². The molecule has 0 bridgehead atoms. The molecule has 0 aromatic heterocycles. The summed E-state index contributed by atoms with van der Waals surface area (Å²) in [5, 5.41) is 0. The van der Waals surface area contributed by atoms with Gasteiger partial charge in [-0.25, -0.2) is 22.0 Å². The Bertz CT molecular complexity index is 1230. The highest BCUT2D eigenvalue weighted by molar-refractivity contribution is 5.65. The molecule has 2 unspecified atom stereocenters. The first-order valence-corrected chi connectivity index (χ1v) is 12.1. The Hall–Kier alpha value is -3.27. The second kappa shape index (κ2) is 11.6. The fraction of sp³-hybridized carbons (Fsp3) is 0.357. The van der Waals surface area contributed by atoms with Crippen LogP contribution >= 0.6 is 0 Å². The fourth-order valence-electron chi connectivity index (χ4n) is 4.41. The molecule has 0 N–H and O–H groups in total. The van der Waals surface area contributed by atoms with E-state index >= 15 is 0 Å². The minimum Gasteiger partial charge on any atom is -0.483 e. The Labute approximate surface area is 215 Å². The molecule has 204 valence electrons. The van der Waals surface area contributed by atoms with Gasteiger partial charge in [0.25, 0.3) is 0 Å². The average molecular weight is 542 g/mol. The average Bonchev–Trinajstić information content (AvgIpc) is 2.89. The summed E-state index contributed by atoms with van der Waals surface area (Å²) in [5.41, 5.74) is 0.420. The third-order valence-electron chi connectivity index (χ3n) is 6.32. The number of benzene rings is 3. The third-order valence-corrected chi connectivity index (χ3v) is 6.32. The van der Waals surface area contributed by atoms with Gasteiger partial charge in [-0.15, -0.1) is 0 Å². The van der Waals surface area contributed by atoms with Crippen LogP contribution in [-0.2, 0) is 4.74 Å². The van der Waals surface area contributed by atoms with Gasteiger partial charge in [-0.1, -0.05) is 37.6 Å². The van der Waals surface area contributed by atoms with E-state index in [1.165, 1.54) is 36.4 Å². The normalized spacial score (nSPS) is 17.9. The summed E-state index contributed by atoms with van der Waals surface area (Å²) >= 11 is 0. The van der Waals surface area contributed by atoms with Crippen LogP contribution in [0.1, 0.15) is 44.3 Å². The molecular formula is C28H25F7O3. The van der Waals surface area contributed by atoms with E-state index in [9.17, 15) is 30.7 Å². The van der Waals surface area contributed by atoms with Crippen LogP contribution in [0.25, 0.3) is 11.1 Å². The molecule has 0 amide bonds. The van der Waals surface area contributed by atoms with Crippen LogP contribution in [0, 0.1) is 35.0 Å². The molecule has 3 aromatic carbocycles. The molecule has 1 fully saturated rings. The van der Waals surface area contributed by atoms with Crippen molar-refractivity contribution in [2.24, 2.45) is 5.92 Å². The van der Waals surface area contributed by atoms with E-state index in [1.54, 1.807) is 0 Å². The van der Waals surface area contributed by atoms with Crippen molar-refractivity contribution < 1.29 is 44.9 Å². The van der Waals surface area contributed by atoms with Crippen LogP contribution < -0.4 is 9.47 Å². The maximum Gasteiger partial charge on any atom is 0.433 e. The van der Waals surface area contributed by atoms with Crippen molar-refractivity contribution in [3.05, 3.63) is 83.2 Å². The summed E-state index contributed by atoms with van der Waals surface area (Å²) < 4.78 is 112. The molecule has 0 spiro atoms. The van der Waals surface area contributed by atoms with Crippen LogP contribution in [0.15, 0.2) is 48.5 Å². The van der Waals surface area contributed by atoms with E-state index in [0.717, 1.165) is 19.3 Å². The topological polar surface area (TPSA) is 27.7 Å². The second-order valence-corrected chi connectivity index (χ2v) is 9.14. The Morgan fingerprint density at radius 3 is 2.13 bits per heavy atom. The highest BCUT2D eigenvalue weighted by Gasteiger charge is 2.34. The van der Waals surface area contributed by atoms with Crippen molar-refractivity contribution in [2.75, 3.05) is 13.2 Å². The maximum atomic E-state index is 14.9. The molecule has 1 heterocycles. The predicted molar refractivity (Wildman–Crippen MR) is 126 cm³/mol. The van der Waals surface area contributed by atoms with Crippen LogP contribution in [0.3, 0.4) is 0 Å². The predicted octanol–water partition coefficient (Wildman–Crippen LogP) is 8.37. The first-order chi connectivity index (χ1) is 18.1. The van der Waals surface area contributed by atoms with Gasteiger partial charge in [0, 0.05) is 23.3 Å². The molecule has 0 aliphatic carbocycles. The number of rotatable bonds is 9. The molecule has 1 aliphatic heterocycles. The summed E-state index contributed by atoms with van der Waals surface area (Å²) in [6.07, 6.45) is -0.987. The minimum atomic E-state index is -4.02. The van der Waals surface area contributed by atoms with Crippen molar-refractivity contribution in [2.45, 2.75) is 44.8 Å². The number of halogens is 7. The smallest absolute Gasteiger partial charge is 0.433 e. The van der Waals surface area contributed by atoms with Crippen molar-refractivity contribution in [3.8, 4) is 22.6 Å². The first kappa shape index (κ1) is 27.8. The molecule has 1 aliphatic rings. The zero-order valence-electron chi connectivity index (χ0n) is 20.4. The maximum absolute atomic E-state index is 14.9. The molecular weight excluding hydrogens is 517 g/mol. The Kier molecular flexibility index (Phi) is 8.50. The zero-order chi connectivity index (χ0) is 27.4. The van der Waals surface area contributed by atoms with Gasteiger partial charge in [0.15, 0.2) is 35.7 Å². The lowest BCUT2D eigenvalue weighted by molar-refractivity contribution is -0.195. The van der Waals surface area contributed by atoms with Gasteiger partial charge < -0.3 is 14.2 Å². The number of alkyl halides is 2. The highest BCUT2D eigenvalue weighted by Crippen LogP contribution is 2.37. The van der Waals surface area contributed by atoms with Crippen molar-refractivity contribution in [3.63, 3.8) is 0 Å². The van der Waals surface area contributed by atoms with Crippen molar-refractivity contribution in [1.29, 1.82) is 0 Å². The number of hydrogen-bond acceptors (Lipinski definition) is 3. The summed E-state index contributed by atoms with van der Waals surface area (Å²) in [7, 11) is 0. The van der Waals surface area contributed by atoms with E-state index in [-0.39, 0.29) is 34.6 Å². The van der Waals surface area contributed by atoms with Crippen LogP contribution in [0.4, 0.5) is 30.7 Å². The van der Waals surface area contributed by atoms with E-state index < -0.39 is 53.7 Å². The van der Waals surface area contributed by atoms with Gasteiger partial charge in [0.05, 0.1) is 12.7 Å². The lowest BCUT2D eigenvalue weighted by atomic mass is 9.91. The standard InChI is InChI=1S/C28H25F7O3/c1-2-3-16-4-11-24(36-14-16)21-10-9-20(25(31)26(21)32)17-5-7-18(8-6-17)37-15-28(34,35)38-19-12-22(29)27(33)23(30)13-19/h5-10,12-13,16,24H,2-4,11,14-15H2,1H3. The monoisotopic (exact) mass is 542 g/mol. The molecule has 2 atom stereocenters. The Morgan fingerprint density at radius 1 is 0.842 bits per heavy atom. The molecule has 0 saturated carbocycles. The largest absolute Gasteiger partial charge is 0.483 e. The molecule has 4 rings (SSSR count). The number of ether oxygens (including phenoxy) is 3. The fourth-order valence-corrected chi connectivity index (χ4v) is 4.41. The van der Waals surface area contributed by atoms with Gasteiger partial charge >= 0.3 is 6.11 Å². The lowest BCUT2D eigenvalue weighted by Crippen LogP contribution is -2.32. The quantitative estimate of drug-likeness (QED) is 0.201. The molecule has 3 aromatic rings. The molecule has 38 heavy (non-hydrogen) atoms. The summed E-state index contributed by atoms with van der Waals surface area (Å²) in [6.45, 7) is 1.25. The van der Waals surface area contributed by atoms with Gasteiger partial charge in [-0.2, -0.15) is 8.78 Å². The molecule has 3 nitrogen and oxygen atoms in total. The van der Waals surface area contributed by atoms with Gasteiger partial charge in [0.1, 0.15) is 11.5 Å². The Morgan fingerprint density at radius 2 is 1.53 bits per heavy atom. The van der Waals surface area contributed by atoms with Gasteiger partial charge in [0.2, 0.25) is 0 Å². The van der Waals surface area contributed by atoms with E-state index in [0.29, 0.717) is 18.9 Å². The lowest BCUT2D eigenvalue weighted by Gasteiger charge is -2.29. The highest BCUT2D eigenvalue weighted by atomic mass is 19.3. The van der Waals surface area contributed by atoms with Gasteiger partial charge in [-0.05, 0) is 42.9 Å². The minimum absolute atomic E-state index is 0.0218. The van der Waals surface area contributed by atoms with Crippen LogP contribution in [-0.4, -0.2) is 19.3 Å². The SMILES string of the molecule is CCCC1CCC(c2ccc(-c3ccc(OCC(F)(F)Oc4cc(F)c(F)c(F)c4)cc3)c(F)c2F)OC1. The molecule has 1 saturated heterocycles. The first-order valence-electron chi connectivity index (χ1n) is 12.1. The third kappa shape index (κ3) is 6.40. The summed E-state index contributed by atoms with van der Waals surface area (Å²) in [5.74, 6) is -7.78. The zero-order valence-corrected chi connectivity index (χ0v) is 20.4. The van der Waals surface area contributed by atoms with Crippen LogP contribution in [0.5, 0.6) is 11.5 Å².